The third kappa shape index (κ3) is 11.6. The van der Waals surface area contributed by atoms with Gasteiger partial charge in [-0.3, -0.25) is 0 Å². The van der Waals surface area contributed by atoms with Crippen LogP contribution in [0.15, 0.2) is 0 Å². The van der Waals surface area contributed by atoms with Crippen LogP contribution in [0.1, 0.15) is 48.0 Å². The van der Waals surface area contributed by atoms with Crippen molar-refractivity contribution in [1.29, 1.82) is 0 Å². The second kappa shape index (κ2) is 11.9. The normalized spacial score (nSPS) is 22.7. The second-order valence-corrected chi connectivity index (χ2v) is 5.40. The zero-order chi connectivity index (χ0) is 17.5. The van der Waals surface area contributed by atoms with Gasteiger partial charge in [0.05, 0.1) is 0 Å². The first-order valence-electron chi connectivity index (χ1n) is 7.18. The van der Waals surface area contributed by atoms with Crippen molar-refractivity contribution in [3.63, 3.8) is 0 Å². The summed E-state index contributed by atoms with van der Waals surface area (Å²) in [7, 11) is -6.00. The van der Waals surface area contributed by atoms with Crippen LogP contribution < -0.4 is 0 Å². The summed E-state index contributed by atoms with van der Waals surface area (Å²) < 4.78 is 39.0. The predicted octanol–water partition coefficient (Wildman–Crippen LogP) is 6.07. The zero-order valence-electron chi connectivity index (χ0n) is 14.4. The molecule has 0 nitrogen and oxygen atoms in total. The van der Waals surface area contributed by atoms with Crippen molar-refractivity contribution in [2.75, 3.05) is 0 Å². The van der Waals surface area contributed by atoms with Crippen molar-refractivity contribution in [3.05, 3.63) is 61.2 Å². The third-order valence-corrected chi connectivity index (χ3v) is 3.88. The summed E-state index contributed by atoms with van der Waals surface area (Å²) >= 11 is 0. The molecule has 2 fully saturated rings. The molecule has 2 rings (SSSR count). The van der Waals surface area contributed by atoms with Crippen molar-refractivity contribution in [2.45, 2.75) is 48.0 Å². The number of hydrogen-bond donors (Lipinski definition) is 0. The molecular weight excluding hydrogens is 483 g/mol. The van der Waals surface area contributed by atoms with Gasteiger partial charge in [0, 0.05) is 20.1 Å². The van der Waals surface area contributed by atoms with E-state index in [1.54, 1.807) is 0 Å². The average Bonchev–Trinajstić information content (AvgIpc) is 2.57. The standard InChI is InChI=1S/C10H15.C7H9.BF4.Ir/c1-6-7(2)9(4)10(5)8(6)3;1-7-5-3-2-4-6-7;2-1(3,4)5;/h1-5H3;2-3,5-6H,4H2,1H3;;/q;;-1;. The molecular formula is C17H24BF4Ir-. The summed E-state index contributed by atoms with van der Waals surface area (Å²) in [6, 6.07) is 0. The van der Waals surface area contributed by atoms with E-state index in [2.05, 4.69) is 67.2 Å². The molecule has 0 aromatic carbocycles. The van der Waals surface area contributed by atoms with E-state index in [9.17, 15) is 17.3 Å². The van der Waals surface area contributed by atoms with Gasteiger partial charge in [0.2, 0.25) is 0 Å². The molecule has 2 saturated carbocycles. The van der Waals surface area contributed by atoms with E-state index in [4.69, 9.17) is 0 Å². The fourth-order valence-corrected chi connectivity index (χ4v) is 2.03. The Morgan fingerprint density at radius 1 is 0.739 bits per heavy atom. The largest absolute Gasteiger partial charge is 0.673 e. The van der Waals surface area contributed by atoms with Gasteiger partial charge < -0.3 is 17.3 Å². The molecule has 2 aliphatic rings. The first-order chi connectivity index (χ1) is 9.95. The molecule has 0 bridgehead atoms. The summed E-state index contributed by atoms with van der Waals surface area (Å²) in [5.74, 6) is 8.72. The van der Waals surface area contributed by atoms with Crippen LogP contribution in [0.3, 0.4) is 0 Å². The quantitative estimate of drug-likeness (QED) is 0.276. The minimum atomic E-state index is -6.00. The van der Waals surface area contributed by atoms with Gasteiger partial charge in [-0.15, -0.1) is 0 Å². The Morgan fingerprint density at radius 3 is 1.17 bits per heavy atom. The van der Waals surface area contributed by atoms with Crippen LogP contribution in [-0.2, 0) is 20.1 Å². The Balaban J connectivity index is 0. The van der Waals surface area contributed by atoms with Gasteiger partial charge >= 0.3 is 7.25 Å². The van der Waals surface area contributed by atoms with Gasteiger partial charge in [-0.2, -0.15) is 0 Å². The van der Waals surface area contributed by atoms with E-state index in [1.165, 1.54) is 35.5 Å². The Morgan fingerprint density at radius 2 is 1.04 bits per heavy atom. The summed E-state index contributed by atoms with van der Waals surface area (Å²) in [4.78, 5) is 0. The molecule has 0 aliphatic heterocycles. The molecule has 6 heteroatoms. The molecule has 23 heavy (non-hydrogen) atoms. The maximum atomic E-state index is 9.75. The summed E-state index contributed by atoms with van der Waals surface area (Å²) in [5, 5.41) is 0. The first kappa shape index (κ1) is 25.7. The van der Waals surface area contributed by atoms with Crippen molar-refractivity contribution in [1.82, 2.24) is 0 Å². The van der Waals surface area contributed by atoms with Crippen molar-refractivity contribution < 1.29 is 37.4 Å². The van der Waals surface area contributed by atoms with E-state index < -0.39 is 7.25 Å². The fourth-order valence-electron chi connectivity index (χ4n) is 2.03. The molecule has 0 aromatic rings. The summed E-state index contributed by atoms with van der Waals surface area (Å²) in [6.07, 6.45) is 9.67. The van der Waals surface area contributed by atoms with Gasteiger partial charge in [0.1, 0.15) is 0 Å². The molecule has 0 amide bonds. The molecule has 0 spiro atoms. The van der Waals surface area contributed by atoms with Crippen LogP contribution in [0.5, 0.6) is 0 Å². The molecule has 133 valence electrons. The van der Waals surface area contributed by atoms with Gasteiger partial charge in [0.15, 0.2) is 0 Å². The molecule has 0 N–H and O–H groups in total. The smallest absolute Gasteiger partial charge is 0.418 e. The van der Waals surface area contributed by atoms with E-state index in [1.807, 2.05) is 0 Å². The Bertz CT molecular complexity index is 242. The molecule has 0 saturated heterocycles. The van der Waals surface area contributed by atoms with Crippen molar-refractivity contribution in [2.24, 2.45) is 0 Å². The number of rotatable bonds is 0. The minimum absolute atomic E-state index is 0. The summed E-state index contributed by atoms with van der Waals surface area (Å²) in [6.45, 7) is 13.1. The molecule has 0 aromatic heterocycles. The van der Waals surface area contributed by atoms with Crippen LogP contribution in [-0.4, -0.2) is 7.25 Å². The monoisotopic (exact) mass is 508 g/mol. The number of hydrogen-bond acceptors (Lipinski definition) is 0. The van der Waals surface area contributed by atoms with Crippen molar-refractivity contribution in [3.8, 4) is 0 Å². The van der Waals surface area contributed by atoms with Gasteiger partial charge in [0.25, 0.3) is 0 Å². The molecule has 0 heterocycles. The predicted molar refractivity (Wildman–Crippen MR) is 85.5 cm³/mol. The van der Waals surface area contributed by atoms with E-state index in [0.29, 0.717) is 0 Å². The van der Waals surface area contributed by atoms with Crippen LogP contribution in [0.4, 0.5) is 17.3 Å². The minimum Gasteiger partial charge on any atom is -0.418 e. The SMILES string of the molecule is C[C]1[CH][CH][CH]C[CH]1.C[C]1[C](C)[C](C)[C](C)[C]1C.F[B-](F)(F)F.[Ir]. The second-order valence-electron chi connectivity index (χ2n) is 5.40. The Labute approximate surface area is 154 Å². The van der Waals surface area contributed by atoms with Crippen LogP contribution in [0.25, 0.3) is 0 Å². The molecule has 0 atom stereocenters. The van der Waals surface area contributed by atoms with Crippen LogP contribution in [0, 0.1) is 61.2 Å². The van der Waals surface area contributed by atoms with E-state index in [-0.39, 0.29) is 20.1 Å². The van der Waals surface area contributed by atoms with Crippen LogP contribution >= 0.6 is 0 Å². The van der Waals surface area contributed by atoms with E-state index >= 15 is 0 Å². The zero-order valence-corrected chi connectivity index (χ0v) is 16.8. The van der Waals surface area contributed by atoms with Crippen molar-refractivity contribution >= 4 is 7.25 Å². The summed E-state index contributed by atoms with van der Waals surface area (Å²) in [5.41, 5.74) is 0. The molecule has 2 aliphatic carbocycles. The average molecular weight is 507 g/mol. The van der Waals surface area contributed by atoms with Crippen LogP contribution in [0.2, 0.25) is 0 Å². The van der Waals surface area contributed by atoms with Gasteiger partial charge in [-0.05, 0) is 67.6 Å². The fraction of sp³-hybridized carbons (Fsp3) is 0.412. The maximum absolute atomic E-state index is 9.75. The third-order valence-electron chi connectivity index (χ3n) is 3.88. The topological polar surface area (TPSA) is 0 Å². The van der Waals surface area contributed by atoms with E-state index in [0.717, 1.165) is 6.42 Å². The van der Waals surface area contributed by atoms with Gasteiger partial charge in [-0.25, -0.2) is 0 Å². The number of halogens is 4. The first-order valence-corrected chi connectivity index (χ1v) is 7.18. The molecule has 11 radical (unpaired) electrons. The maximum Gasteiger partial charge on any atom is 0.673 e. The van der Waals surface area contributed by atoms with Gasteiger partial charge in [-0.1, -0.05) is 41.5 Å². The Kier molecular flexibility index (Phi) is 13.3. The Hall–Kier alpha value is 0.434. The molecule has 0 unspecified atom stereocenters.